The average molecular weight is 352 g/mol. The fraction of sp³-hybridized carbons (Fsp3) is 0.588. The summed E-state index contributed by atoms with van der Waals surface area (Å²) >= 11 is 3.53. The Bertz CT molecular complexity index is 501. The van der Waals surface area contributed by atoms with Crippen molar-refractivity contribution in [1.29, 1.82) is 0 Å². The summed E-state index contributed by atoms with van der Waals surface area (Å²) in [5.74, 6) is 1.05. The lowest BCUT2D eigenvalue weighted by atomic mass is 10.1. The highest BCUT2D eigenvalue weighted by atomic mass is 79.9. The first-order valence-electron chi connectivity index (χ1n) is 7.85. The summed E-state index contributed by atoms with van der Waals surface area (Å²) in [5.41, 5.74) is 1.20. The van der Waals surface area contributed by atoms with Gasteiger partial charge in [-0.3, -0.25) is 4.79 Å². The Morgan fingerprint density at radius 2 is 2.10 bits per heavy atom. The van der Waals surface area contributed by atoms with Gasteiger partial charge in [-0.15, -0.1) is 0 Å². The van der Waals surface area contributed by atoms with Crippen molar-refractivity contribution in [1.82, 2.24) is 4.90 Å². The van der Waals surface area contributed by atoms with E-state index < -0.39 is 0 Å². The molecule has 0 N–H and O–H groups in total. The minimum atomic E-state index is 0.253. The molecule has 0 radical (unpaired) electrons. The minimum Gasteiger partial charge on any atom is -0.376 e. The predicted molar refractivity (Wildman–Crippen MR) is 86.1 cm³/mol. The number of amides is 1. The van der Waals surface area contributed by atoms with Crippen molar-refractivity contribution in [3.63, 3.8) is 0 Å². The van der Waals surface area contributed by atoms with Crippen LogP contribution in [0.15, 0.2) is 28.7 Å². The summed E-state index contributed by atoms with van der Waals surface area (Å²) in [7, 11) is 0. The van der Waals surface area contributed by atoms with Gasteiger partial charge in [-0.05, 0) is 43.2 Å². The largest absolute Gasteiger partial charge is 0.376 e. The van der Waals surface area contributed by atoms with Gasteiger partial charge >= 0.3 is 0 Å². The summed E-state index contributed by atoms with van der Waals surface area (Å²) < 4.78 is 6.98. The van der Waals surface area contributed by atoms with E-state index in [0.29, 0.717) is 6.42 Å². The highest BCUT2D eigenvalue weighted by Crippen LogP contribution is 2.30. The zero-order chi connectivity index (χ0) is 14.7. The van der Waals surface area contributed by atoms with Gasteiger partial charge in [-0.2, -0.15) is 0 Å². The molecular weight excluding hydrogens is 330 g/mol. The van der Waals surface area contributed by atoms with E-state index in [1.807, 2.05) is 23.1 Å². The number of halogens is 1. The summed E-state index contributed by atoms with van der Waals surface area (Å²) in [6.07, 6.45) is 5.27. The molecule has 2 aliphatic rings. The number of rotatable bonds is 6. The topological polar surface area (TPSA) is 29.5 Å². The van der Waals surface area contributed by atoms with Gasteiger partial charge in [-0.25, -0.2) is 0 Å². The lowest BCUT2D eigenvalue weighted by molar-refractivity contribution is -0.130. The molecule has 2 fully saturated rings. The molecule has 114 valence electrons. The van der Waals surface area contributed by atoms with Crippen LogP contribution in [0, 0.1) is 5.92 Å². The zero-order valence-corrected chi connectivity index (χ0v) is 13.8. The highest BCUT2D eigenvalue weighted by molar-refractivity contribution is 9.10. The summed E-state index contributed by atoms with van der Waals surface area (Å²) in [5, 5.41) is 0. The third-order valence-corrected chi connectivity index (χ3v) is 5.10. The van der Waals surface area contributed by atoms with E-state index in [-0.39, 0.29) is 12.0 Å². The molecule has 1 saturated heterocycles. The molecule has 1 aromatic carbocycles. The fourth-order valence-corrected chi connectivity index (χ4v) is 3.23. The highest BCUT2D eigenvalue weighted by Gasteiger charge is 2.29. The third-order valence-electron chi connectivity index (χ3n) is 4.33. The van der Waals surface area contributed by atoms with Crippen LogP contribution in [0.2, 0.25) is 0 Å². The lowest BCUT2D eigenvalue weighted by Gasteiger charge is -2.17. The molecule has 1 aromatic rings. The summed E-state index contributed by atoms with van der Waals surface area (Å²) in [4.78, 5) is 14.2. The maximum Gasteiger partial charge on any atom is 0.222 e. The molecule has 0 aromatic heterocycles. The number of carbonyl (C=O) groups excluding carboxylic acids is 1. The predicted octanol–water partition coefficient (Wildman–Crippen LogP) is 3.41. The van der Waals surface area contributed by atoms with E-state index in [9.17, 15) is 4.79 Å². The van der Waals surface area contributed by atoms with E-state index >= 15 is 0 Å². The monoisotopic (exact) mass is 351 g/mol. The third kappa shape index (κ3) is 4.30. The molecule has 1 aliphatic carbocycles. The molecule has 1 heterocycles. The van der Waals surface area contributed by atoms with Crippen LogP contribution in [-0.4, -0.2) is 36.6 Å². The number of likely N-dealkylation sites (tertiary alicyclic amines) is 1. The molecular formula is C17H22BrNO2. The first-order chi connectivity index (χ1) is 10.2. The van der Waals surface area contributed by atoms with E-state index in [2.05, 4.69) is 22.0 Å². The Labute approximate surface area is 134 Å². The Kier molecular flexibility index (Phi) is 4.96. The van der Waals surface area contributed by atoms with Crippen LogP contribution in [0.4, 0.5) is 0 Å². The second-order valence-electron chi connectivity index (χ2n) is 6.12. The summed E-state index contributed by atoms with van der Waals surface area (Å²) in [6, 6.07) is 8.11. The molecule has 21 heavy (non-hydrogen) atoms. The van der Waals surface area contributed by atoms with Crippen molar-refractivity contribution in [3.8, 4) is 0 Å². The number of aryl methyl sites for hydroxylation is 1. The Morgan fingerprint density at radius 1 is 1.29 bits per heavy atom. The van der Waals surface area contributed by atoms with E-state index in [1.54, 1.807) is 0 Å². The normalized spacial score (nSPS) is 21.8. The van der Waals surface area contributed by atoms with E-state index in [1.165, 1.54) is 18.4 Å². The minimum absolute atomic E-state index is 0.253. The lowest BCUT2D eigenvalue weighted by Crippen LogP contribution is -2.30. The molecule has 1 unspecified atom stereocenters. The van der Waals surface area contributed by atoms with Gasteiger partial charge in [0.25, 0.3) is 0 Å². The maximum atomic E-state index is 12.3. The van der Waals surface area contributed by atoms with Crippen molar-refractivity contribution in [2.75, 3.05) is 19.7 Å². The maximum absolute atomic E-state index is 12.3. The molecule has 1 saturated carbocycles. The van der Waals surface area contributed by atoms with Crippen molar-refractivity contribution in [2.45, 2.75) is 38.2 Å². The SMILES string of the molecule is O=C(CCc1ccccc1Br)N1CCC(OCC2CC2)C1. The second kappa shape index (κ2) is 6.93. The number of hydrogen-bond acceptors (Lipinski definition) is 2. The first kappa shape index (κ1) is 15.0. The van der Waals surface area contributed by atoms with Crippen LogP contribution in [0.3, 0.4) is 0 Å². The molecule has 1 atom stereocenters. The van der Waals surface area contributed by atoms with E-state index in [0.717, 1.165) is 42.9 Å². The van der Waals surface area contributed by atoms with Gasteiger partial charge in [0, 0.05) is 30.6 Å². The Hall–Kier alpha value is -0.870. The molecule has 1 aliphatic heterocycles. The van der Waals surface area contributed by atoms with Crippen LogP contribution in [-0.2, 0) is 16.0 Å². The van der Waals surface area contributed by atoms with Crippen LogP contribution in [0.25, 0.3) is 0 Å². The van der Waals surface area contributed by atoms with Crippen LogP contribution in [0.1, 0.15) is 31.2 Å². The van der Waals surface area contributed by atoms with Gasteiger partial charge in [0.05, 0.1) is 6.10 Å². The van der Waals surface area contributed by atoms with Crippen LogP contribution >= 0.6 is 15.9 Å². The number of carbonyl (C=O) groups is 1. The average Bonchev–Trinajstić information content (AvgIpc) is 3.20. The van der Waals surface area contributed by atoms with Gasteiger partial charge in [0.1, 0.15) is 0 Å². The van der Waals surface area contributed by atoms with Gasteiger partial charge < -0.3 is 9.64 Å². The standard InChI is InChI=1S/C17H22BrNO2/c18-16-4-2-1-3-14(16)7-8-17(20)19-10-9-15(11-19)21-12-13-5-6-13/h1-4,13,15H,5-12H2. The number of hydrogen-bond donors (Lipinski definition) is 0. The van der Waals surface area contributed by atoms with Gasteiger partial charge in [0.2, 0.25) is 5.91 Å². The number of ether oxygens (including phenoxy) is 1. The number of benzene rings is 1. The van der Waals surface area contributed by atoms with Gasteiger partial charge in [-0.1, -0.05) is 34.1 Å². The van der Waals surface area contributed by atoms with Crippen molar-refractivity contribution in [3.05, 3.63) is 34.3 Å². The number of nitrogens with zero attached hydrogens (tertiary/aromatic N) is 1. The van der Waals surface area contributed by atoms with Gasteiger partial charge in [0.15, 0.2) is 0 Å². The molecule has 3 nitrogen and oxygen atoms in total. The Balaban J connectivity index is 1.42. The van der Waals surface area contributed by atoms with Crippen molar-refractivity contribution in [2.24, 2.45) is 5.92 Å². The first-order valence-corrected chi connectivity index (χ1v) is 8.64. The molecule has 4 heteroatoms. The molecule has 0 spiro atoms. The quantitative estimate of drug-likeness (QED) is 0.785. The molecule has 1 amide bonds. The fourth-order valence-electron chi connectivity index (χ4n) is 2.75. The second-order valence-corrected chi connectivity index (χ2v) is 6.97. The van der Waals surface area contributed by atoms with E-state index in [4.69, 9.17) is 4.74 Å². The molecule has 0 bridgehead atoms. The smallest absolute Gasteiger partial charge is 0.222 e. The van der Waals surface area contributed by atoms with Crippen LogP contribution in [0.5, 0.6) is 0 Å². The summed E-state index contributed by atoms with van der Waals surface area (Å²) in [6.45, 7) is 2.52. The van der Waals surface area contributed by atoms with Crippen molar-refractivity contribution >= 4 is 21.8 Å². The zero-order valence-electron chi connectivity index (χ0n) is 12.3. The van der Waals surface area contributed by atoms with Crippen molar-refractivity contribution < 1.29 is 9.53 Å². The Morgan fingerprint density at radius 3 is 2.86 bits per heavy atom. The molecule has 3 rings (SSSR count). The van der Waals surface area contributed by atoms with Crippen LogP contribution < -0.4 is 0 Å².